The molecule has 0 aliphatic carbocycles. The van der Waals surface area contributed by atoms with Crippen molar-refractivity contribution in [3.8, 4) is 0 Å². The van der Waals surface area contributed by atoms with Crippen molar-refractivity contribution in [2.75, 3.05) is 18.9 Å². The number of H-pyrrole nitrogens is 1. The van der Waals surface area contributed by atoms with Crippen LogP contribution in [0.25, 0.3) is 11.2 Å². The van der Waals surface area contributed by atoms with Gasteiger partial charge >= 0.3 is 21.3 Å². The smallest absolute Gasteiger partial charge is 0.394 e. The molecule has 0 bridgehead atoms. The van der Waals surface area contributed by atoms with Gasteiger partial charge in [-0.05, 0) is 0 Å². The molecule has 9 unspecified atom stereocenters. The Morgan fingerprint density at radius 3 is 2.25 bits per heavy atom. The fourth-order valence-electron chi connectivity index (χ4n) is 4.63. The molecule has 25 heteroatoms. The van der Waals surface area contributed by atoms with Crippen molar-refractivity contribution in [1.82, 2.24) is 29.1 Å². The van der Waals surface area contributed by atoms with Crippen LogP contribution >= 0.6 is 15.6 Å². The van der Waals surface area contributed by atoms with Crippen LogP contribution in [-0.2, 0) is 32.2 Å². The summed E-state index contributed by atoms with van der Waals surface area (Å²) >= 11 is 0. The number of aromatic amines is 1. The number of imidazole rings is 1. The molecule has 0 saturated carbocycles. The molecule has 3 aromatic rings. The molecule has 0 aromatic carbocycles. The summed E-state index contributed by atoms with van der Waals surface area (Å²) in [4.78, 5) is 66.4. The number of phosphoric ester groups is 2. The Bertz CT molecular complexity index is 1700. The quantitative estimate of drug-likeness (QED) is 0.0750. The fourth-order valence-corrected chi connectivity index (χ4v) is 6.18. The number of nitrogen functional groups attached to an aromatic ring is 1. The third-order valence-electron chi connectivity index (χ3n) is 6.50. The van der Waals surface area contributed by atoms with Crippen LogP contribution in [0.3, 0.4) is 0 Å². The van der Waals surface area contributed by atoms with E-state index < -0.39 is 89.2 Å². The number of fused-ring (bicyclic) bond motifs is 1. The third-order valence-corrected chi connectivity index (χ3v) is 8.00. The van der Waals surface area contributed by atoms with Crippen LogP contribution in [0.4, 0.5) is 5.82 Å². The molecule has 5 rings (SSSR count). The number of hydrogen-bond acceptors (Lipinski definition) is 16. The van der Waals surface area contributed by atoms with Gasteiger partial charge in [-0.25, -0.2) is 28.9 Å². The van der Waals surface area contributed by atoms with Gasteiger partial charge in [0.1, 0.15) is 48.5 Å². The largest absolute Gasteiger partial charge is 0.472 e. The molecule has 2 aliphatic heterocycles. The summed E-state index contributed by atoms with van der Waals surface area (Å²) in [5.41, 5.74) is 4.25. The number of nitrogens with two attached hydrogens (primary N) is 1. The standard InChI is InChI=1S/C19H25N7O15P2.Na/c20-15-10-16(22-5-21-15)26(6-23-10)18-11(29)13(7(3-27)38-18)41-43(35,36)37-4-8-14(40-42(32,33)34)12(30)17(39-8)25-2-1-9(28)24-19(25)31;/h1-2,5-8,11-14,17-18,27,29-30H,3-4H2,(H,35,36)(H2,20,21,22)(H,24,28,31)(H2,32,33,34);. The van der Waals surface area contributed by atoms with E-state index in [4.69, 9.17) is 24.3 Å². The average molecular weight is 676 g/mol. The van der Waals surface area contributed by atoms with Crippen LogP contribution in [0.5, 0.6) is 0 Å². The Kier molecular flexibility index (Phi) is 10.6. The summed E-state index contributed by atoms with van der Waals surface area (Å²) in [7, 11) is -10.5. The molecule has 2 aliphatic rings. The van der Waals surface area contributed by atoms with Crippen molar-refractivity contribution >= 4 is 62.2 Å². The van der Waals surface area contributed by atoms with Crippen LogP contribution in [0.2, 0.25) is 0 Å². The minimum atomic E-state index is -5.29. The van der Waals surface area contributed by atoms with E-state index in [1.54, 1.807) is 0 Å². The maximum Gasteiger partial charge on any atom is 0.472 e. The van der Waals surface area contributed by atoms with Crippen LogP contribution in [0, 0.1) is 0 Å². The first-order chi connectivity index (χ1) is 20.2. The van der Waals surface area contributed by atoms with Gasteiger partial charge < -0.3 is 45.2 Å². The molecule has 9 atom stereocenters. The monoisotopic (exact) mass is 676 g/mol. The molecule has 2 saturated heterocycles. The molecular weight excluding hydrogens is 651 g/mol. The predicted octanol–water partition coefficient (Wildman–Crippen LogP) is -3.93. The van der Waals surface area contributed by atoms with Crippen LogP contribution in [0.15, 0.2) is 34.5 Å². The van der Waals surface area contributed by atoms with Crippen molar-refractivity contribution in [3.05, 3.63) is 45.8 Å². The summed E-state index contributed by atoms with van der Waals surface area (Å²) in [6.07, 6.45) is -10.0. The second-order valence-corrected chi connectivity index (χ2v) is 11.9. The number of nitrogens with one attached hydrogen (secondary N) is 1. The van der Waals surface area contributed by atoms with Gasteiger partial charge in [0.2, 0.25) is 0 Å². The van der Waals surface area contributed by atoms with Crippen molar-refractivity contribution < 1.29 is 62.2 Å². The molecule has 0 spiro atoms. The summed E-state index contributed by atoms with van der Waals surface area (Å²) in [5.74, 6) is 0.0314. The Balaban J connectivity index is 0.00000442. The van der Waals surface area contributed by atoms with Gasteiger partial charge in [-0.3, -0.25) is 32.5 Å². The SMILES string of the molecule is Nc1ncnc2c1ncn2C1OC(CO)C(OP(=O)(O)OCC2OC(n3ccc(=O)[nH]c3=O)C(O)C2OP(=O)(O)O)C1O.[Na]. The third kappa shape index (κ3) is 7.21. The zero-order valence-electron chi connectivity index (χ0n) is 22.4. The first kappa shape index (κ1) is 34.9. The van der Waals surface area contributed by atoms with Gasteiger partial charge in [-0.1, -0.05) is 0 Å². The Labute approximate surface area is 266 Å². The van der Waals surface area contributed by atoms with Gasteiger partial charge in [-0.15, -0.1) is 0 Å². The number of aliphatic hydroxyl groups excluding tert-OH is 3. The van der Waals surface area contributed by atoms with E-state index in [1.165, 1.54) is 10.9 Å². The van der Waals surface area contributed by atoms with E-state index >= 15 is 0 Å². The second-order valence-electron chi connectivity index (χ2n) is 9.29. The first-order valence-corrected chi connectivity index (χ1v) is 15.1. The summed E-state index contributed by atoms with van der Waals surface area (Å²) in [6.45, 7) is -1.79. The predicted molar refractivity (Wildman–Crippen MR) is 141 cm³/mol. The Morgan fingerprint density at radius 1 is 0.977 bits per heavy atom. The van der Waals surface area contributed by atoms with Gasteiger partial charge in [0, 0.05) is 41.8 Å². The van der Waals surface area contributed by atoms with Gasteiger partial charge in [0.15, 0.2) is 23.9 Å². The molecule has 5 heterocycles. The van der Waals surface area contributed by atoms with E-state index in [-0.39, 0.29) is 46.5 Å². The zero-order valence-corrected chi connectivity index (χ0v) is 26.2. The normalized spacial score (nSPS) is 30.3. The van der Waals surface area contributed by atoms with Crippen molar-refractivity contribution in [1.29, 1.82) is 0 Å². The van der Waals surface area contributed by atoms with Gasteiger partial charge in [-0.2, -0.15) is 0 Å². The van der Waals surface area contributed by atoms with E-state index in [1.807, 2.05) is 4.98 Å². The number of anilines is 1. The fraction of sp³-hybridized carbons (Fsp3) is 0.526. The number of aliphatic hydroxyl groups is 3. The summed E-state index contributed by atoms with van der Waals surface area (Å²) < 4.78 is 52.0. The number of rotatable bonds is 10. The maximum atomic E-state index is 12.9. The zero-order chi connectivity index (χ0) is 31.3. The molecular formula is C19H25N7NaO15P2. The molecule has 0 amide bonds. The molecule has 237 valence electrons. The minimum Gasteiger partial charge on any atom is -0.394 e. The molecule has 22 nitrogen and oxygen atoms in total. The molecule has 9 N–H and O–H groups in total. The van der Waals surface area contributed by atoms with E-state index in [0.717, 1.165) is 18.6 Å². The van der Waals surface area contributed by atoms with Gasteiger partial charge in [0.05, 0.1) is 19.5 Å². The summed E-state index contributed by atoms with van der Waals surface area (Å²) in [5, 5.41) is 31.3. The Morgan fingerprint density at radius 2 is 1.61 bits per heavy atom. The number of phosphoric acid groups is 2. The second kappa shape index (κ2) is 13.4. The summed E-state index contributed by atoms with van der Waals surface area (Å²) in [6, 6.07) is 0.907. The van der Waals surface area contributed by atoms with Crippen molar-refractivity contribution in [2.24, 2.45) is 0 Å². The van der Waals surface area contributed by atoms with Crippen LogP contribution in [0.1, 0.15) is 12.5 Å². The van der Waals surface area contributed by atoms with Gasteiger partial charge in [0.25, 0.3) is 5.56 Å². The molecule has 1 radical (unpaired) electrons. The van der Waals surface area contributed by atoms with E-state index in [2.05, 4.69) is 19.5 Å². The number of hydrogen-bond donors (Lipinski definition) is 8. The molecule has 3 aromatic heterocycles. The van der Waals surface area contributed by atoms with E-state index in [9.17, 15) is 48.7 Å². The van der Waals surface area contributed by atoms with Crippen LogP contribution in [-0.4, -0.2) is 138 Å². The van der Waals surface area contributed by atoms with Crippen LogP contribution < -0.4 is 17.0 Å². The maximum absolute atomic E-state index is 12.9. The number of aromatic nitrogens is 6. The molecule has 2 fully saturated rings. The van der Waals surface area contributed by atoms with Crippen molar-refractivity contribution in [3.63, 3.8) is 0 Å². The first-order valence-electron chi connectivity index (χ1n) is 12.1. The Hall–Kier alpha value is -1.95. The minimum absolute atomic E-state index is 0. The topological polar surface area (TPSA) is 326 Å². The number of ether oxygens (including phenoxy) is 2. The number of nitrogens with zero attached hydrogens (tertiary/aromatic N) is 5. The van der Waals surface area contributed by atoms with E-state index in [0.29, 0.717) is 4.57 Å². The molecule has 44 heavy (non-hydrogen) atoms. The average Bonchev–Trinajstić information content (AvgIpc) is 3.57. The van der Waals surface area contributed by atoms with Crippen molar-refractivity contribution in [2.45, 2.75) is 49.1 Å².